The van der Waals surface area contributed by atoms with Crippen LogP contribution in [-0.2, 0) is 14.4 Å². The Morgan fingerprint density at radius 3 is 2.45 bits per heavy atom. The summed E-state index contributed by atoms with van der Waals surface area (Å²) in [6.07, 6.45) is 7.18. The molecule has 3 aliphatic rings. The summed E-state index contributed by atoms with van der Waals surface area (Å²) in [7, 11) is 0. The molecular weight excluding hydrogens is 368 g/mol. The molecule has 6 atom stereocenters. The summed E-state index contributed by atoms with van der Waals surface area (Å²) in [6.45, 7) is 10.5. The lowest BCUT2D eigenvalue weighted by Gasteiger charge is -2.51. The normalized spacial score (nSPS) is 35.9. The molecule has 0 aromatic carbocycles. The maximum absolute atomic E-state index is 13.3. The van der Waals surface area contributed by atoms with Crippen molar-refractivity contribution < 1.29 is 19.5 Å². The second kappa shape index (κ2) is 8.11. The highest BCUT2D eigenvalue weighted by molar-refractivity contribution is 5.93. The van der Waals surface area contributed by atoms with Crippen LogP contribution in [0.3, 0.4) is 0 Å². The minimum atomic E-state index is -1.03. The number of carbonyl (C=O) groups is 3. The first kappa shape index (κ1) is 21.8. The highest BCUT2D eigenvalue weighted by Crippen LogP contribution is 2.53. The molecule has 1 aliphatic heterocycles. The van der Waals surface area contributed by atoms with E-state index in [4.69, 9.17) is 0 Å². The van der Waals surface area contributed by atoms with E-state index < -0.39 is 18.1 Å². The highest BCUT2D eigenvalue weighted by atomic mass is 16.4. The molecule has 6 nitrogen and oxygen atoms in total. The van der Waals surface area contributed by atoms with E-state index >= 15 is 0 Å². The van der Waals surface area contributed by atoms with Crippen molar-refractivity contribution in [2.24, 2.45) is 23.2 Å². The molecule has 2 N–H and O–H groups in total. The zero-order valence-electron chi connectivity index (χ0n) is 18.4. The average molecular weight is 405 g/mol. The van der Waals surface area contributed by atoms with E-state index in [1.807, 2.05) is 0 Å². The summed E-state index contributed by atoms with van der Waals surface area (Å²) in [6, 6.07) is -1.67. The van der Waals surface area contributed by atoms with Crippen molar-refractivity contribution in [1.82, 2.24) is 10.2 Å². The van der Waals surface area contributed by atoms with Gasteiger partial charge in [0, 0.05) is 17.9 Å². The van der Waals surface area contributed by atoms with Gasteiger partial charge in [0.05, 0.1) is 0 Å². The number of hydrogen-bond donors (Lipinski definition) is 2. The monoisotopic (exact) mass is 404 g/mol. The van der Waals surface area contributed by atoms with Crippen LogP contribution in [0.15, 0.2) is 11.6 Å². The second-order valence-electron chi connectivity index (χ2n) is 9.85. The molecule has 2 aliphatic carbocycles. The fourth-order valence-corrected chi connectivity index (χ4v) is 6.02. The van der Waals surface area contributed by atoms with Gasteiger partial charge in [0.2, 0.25) is 11.8 Å². The topological polar surface area (TPSA) is 86.7 Å². The van der Waals surface area contributed by atoms with Gasteiger partial charge in [-0.15, -0.1) is 0 Å². The first-order chi connectivity index (χ1) is 13.6. The number of carboxylic acids is 1. The molecule has 29 heavy (non-hydrogen) atoms. The van der Waals surface area contributed by atoms with Crippen molar-refractivity contribution in [2.45, 2.75) is 91.3 Å². The van der Waals surface area contributed by atoms with E-state index in [9.17, 15) is 19.5 Å². The molecule has 0 aromatic heterocycles. The Bertz CT molecular complexity index is 716. The summed E-state index contributed by atoms with van der Waals surface area (Å²) in [4.78, 5) is 38.4. The minimum absolute atomic E-state index is 0.0135. The molecule has 0 radical (unpaired) electrons. The Hall–Kier alpha value is -1.85. The predicted octanol–water partition coefficient (Wildman–Crippen LogP) is 3.36. The number of carbonyl (C=O) groups excluding carboxylic acids is 2. The molecule has 0 unspecified atom stereocenters. The number of aliphatic carboxylic acids is 1. The average Bonchev–Trinajstić information content (AvgIpc) is 3.22. The van der Waals surface area contributed by atoms with Gasteiger partial charge in [-0.3, -0.25) is 9.59 Å². The second-order valence-corrected chi connectivity index (χ2v) is 9.85. The lowest BCUT2D eigenvalue weighted by molar-refractivity contribution is -0.150. The van der Waals surface area contributed by atoms with Gasteiger partial charge >= 0.3 is 5.97 Å². The summed E-state index contributed by atoms with van der Waals surface area (Å²) < 4.78 is 0. The summed E-state index contributed by atoms with van der Waals surface area (Å²) >= 11 is 0. The van der Waals surface area contributed by atoms with E-state index in [1.54, 1.807) is 6.92 Å². The zero-order chi connectivity index (χ0) is 21.5. The van der Waals surface area contributed by atoms with Crippen LogP contribution in [-0.4, -0.2) is 45.9 Å². The zero-order valence-corrected chi connectivity index (χ0v) is 18.4. The molecule has 1 saturated heterocycles. The van der Waals surface area contributed by atoms with Crippen molar-refractivity contribution in [2.75, 3.05) is 0 Å². The number of amides is 2. The summed E-state index contributed by atoms with van der Waals surface area (Å²) in [5.74, 6) is -0.218. The lowest BCUT2D eigenvalue weighted by atomic mass is 9.58. The Kier molecular flexibility index (Phi) is 6.11. The third-order valence-corrected chi connectivity index (χ3v) is 7.82. The maximum atomic E-state index is 13.3. The molecule has 6 heteroatoms. The first-order valence-corrected chi connectivity index (χ1v) is 11.1. The van der Waals surface area contributed by atoms with E-state index in [2.05, 4.69) is 39.1 Å². The van der Waals surface area contributed by atoms with Crippen molar-refractivity contribution in [3.63, 3.8) is 0 Å². The van der Waals surface area contributed by atoms with E-state index in [1.165, 1.54) is 10.5 Å². The van der Waals surface area contributed by atoms with Crippen molar-refractivity contribution >= 4 is 17.8 Å². The van der Waals surface area contributed by atoms with Gasteiger partial charge in [-0.25, -0.2) is 4.79 Å². The van der Waals surface area contributed by atoms with E-state index in [-0.39, 0.29) is 36.1 Å². The van der Waals surface area contributed by atoms with Gasteiger partial charge in [0.1, 0.15) is 12.1 Å². The summed E-state index contributed by atoms with van der Waals surface area (Å²) in [5.41, 5.74) is 1.34. The van der Waals surface area contributed by atoms with Gasteiger partial charge in [-0.1, -0.05) is 32.4 Å². The largest absolute Gasteiger partial charge is 0.480 e. The molecule has 162 valence electrons. The Morgan fingerprint density at radius 1 is 1.21 bits per heavy atom. The smallest absolute Gasteiger partial charge is 0.326 e. The molecule has 1 heterocycles. The lowest BCUT2D eigenvalue weighted by Crippen LogP contribution is -2.60. The van der Waals surface area contributed by atoms with E-state index in [0.717, 1.165) is 25.7 Å². The molecule has 0 bridgehead atoms. The highest BCUT2D eigenvalue weighted by Gasteiger charge is 2.52. The van der Waals surface area contributed by atoms with Crippen LogP contribution >= 0.6 is 0 Å². The van der Waals surface area contributed by atoms with Gasteiger partial charge in [0.15, 0.2) is 0 Å². The van der Waals surface area contributed by atoms with Gasteiger partial charge < -0.3 is 15.3 Å². The Labute approximate surface area is 174 Å². The number of allylic oxidation sites excluding steroid dienone is 1. The van der Waals surface area contributed by atoms with Crippen LogP contribution in [0.1, 0.15) is 73.1 Å². The SMILES string of the molecule is CC1=C[C@]2(CC1)[C@H](C)CC[C@@H](C(C)C)[C@H]2NC(=O)[C@@H](C)N1C(=O)CC[C@H]1C(=O)O. The molecule has 3 rings (SSSR count). The summed E-state index contributed by atoms with van der Waals surface area (Å²) in [5, 5.41) is 12.8. The third-order valence-electron chi connectivity index (χ3n) is 7.82. The molecule has 1 saturated carbocycles. The van der Waals surface area contributed by atoms with Gasteiger partial charge in [-0.2, -0.15) is 0 Å². The minimum Gasteiger partial charge on any atom is -0.480 e. The number of carboxylic acid groups (broad SMARTS) is 1. The van der Waals surface area contributed by atoms with Crippen molar-refractivity contribution in [3.05, 3.63) is 11.6 Å². The Morgan fingerprint density at radius 2 is 1.90 bits per heavy atom. The fourth-order valence-electron chi connectivity index (χ4n) is 6.02. The first-order valence-electron chi connectivity index (χ1n) is 11.1. The van der Waals surface area contributed by atoms with Crippen molar-refractivity contribution in [1.29, 1.82) is 0 Å². The van der Waals surface area contributed by atoms with Crippen LogP contribution < -0.4 is 5.32 Å². The van der Waals surface area contributed by atoms with Crippen LogP contribution in [0, 0.1) is 23.2 Å². The van der Waals surface area contributed by atoms with Crippen LogP contribution in [0.5, 0.6) is 0 Å². The van der Waals surface area contributed by atoms with Gasteiger partial charge in [-0.05, 0) is 63.7 Å². The number of likely N-dealkylation sites (tertiary alicyclic amines) is 1. The molecule has 0 aromatic rings. The van der Waals surface area contributed by atoms with Gasteiger partial charge in [0.25, 0.3) is 0 Å². The Balaban J connectivity index is 1.87. The fraction of sp³-hybridized carbons (Fsp3) is 0.783. The van der Waals surface area contributed by atoms with E-state index in [0.29, 0.717) is 17.8 Å². The quantitative estimate of drug-likeness (QED) is 0.688. The number of hydrogen-bond acceptors (Lipinski definition) is 3. The standard InChI is InChI=1S/C23H36N2O4/c1-13(2)17-7-6-15(4)23(11-10-14(3)12-23)20(17)24-21(27)16(5)25-18(22(28)29)8-9-19(25)26/h12-13,15-18,20H,6-11H2,1-5H3,(H,24,27)(H,28,29)/t15-,16-,17+,18+,20-,23-/m1/s1. The molecule has 2 fully saturated rings. The molecular formula is C23H36N2O4. The predicted molar refractivity (Wildman–Crippen MR) is 111 cm³/mol. The maximum Gasteiger partial charge on any atom is 0.326 e. The van der Waals surface area contributed by atoms with Crippen LogP contribution in [0.2, 0.25) is 0 Å². The molecule has 1 spiro atoms. The number of nitrogens with zero attached hydrogens (tertiary/aromatic N) is 1. The van der Waals surface area contributed by atoms with Crippen LogP contribution in [0.25, 0.3) is 0 Å². The number of rotatable bonds is 5. The van der Waals surface area contributed by atoms with Crippen LogP contribution in [0.4, 0.5) is 0 Å². The number of nitrogens with one attached hydrogen (secondary N) is 1. The third kappa shape index (κ3) is 3.82. The van der Waals surface area contributed by atoms with Crippen molar-refractivity contribution in [3.8, 4) is 0 Å². The molecule has 2 amide bonds.